The highest BCUT2D eigenvalue weighted by atomic mass is 35.5. The molecule has 0 aromatic heterocycles. The van der Waals surface area contributed by atoms with Gasteiger partial charge < -0.3 is 5.11 Å². The maximum Gasteiger partial charge on any atom is 0.0597 e. The van der Waals surface area contributed by atoms with E-state index in [0.717, 1.165) is 0 Å². The monoisotopic (exact) mass is 156 g/mol. The van der Waals surface area contributed by atoms with Crippen LogP contribution in [0.25, 0.3) is 0 Å². The first-order valence-electron chi connectivity index (χ1n) is 2.41. The van der Waals surface area contributed by atoms with Crippen LogP contribution in [0.4, 0.5) is 0 Å². The Morgan fingerprint density at radius 1 is 1.50 bits per heavy atom. The first-order valence-corrected chi connectivity index (χ1v) is 2.99. The maximum absolute atomic E-state index is 8.87. The van der Waals surface area contributed by atoms with Crippen LogP contribution in [-0.2, 0) is 0 Å². The zero-order chi connectivity index (χ0) is 6.08. The Balaban J connectivity index is 0. The predicted molar refractivity (Wildman–Crippen MR) is 42.7 cm³/mol. The lowest BCUT2D eigenvalue weighted by Gasteiger charge is -2.20. The van der Waals surface area contributed by atoms with Crippen LogP contribution in [0.1, 0.15) is 20.8 Å². The third-order valence-electron chi connectivity index (χ3n) is 1.08. The fourth-order valence-electron chi connectivity index (χ4n) is 0. The summed E-state index contributed by atoms with van der Waals surface area (Å²) in [5.74, 6) is 0. The van der Waals surface area contributed by atoms with Gasteiger partial charge in [-0.25, -0.2) is 0 Å². The first-order chi connectivity index (χ1) is 2.94. The van der Waals surface area contributed by atoms with Gasteiger partial charge in [0, 0.05) is 5.16 Å². The van der Waals surface area contributed by atoms with E-state index < -0.39 is 0 Å². The summed E-state index contributed by atoms with van der Waals surface area (Å²) in [5.41, 5.74) is 0. The van der Waals surface area contributed by atoms with Crippen molar-refractivity contribution >= 4 is 21.6 Å². The molecule has 0 saturated heterocycles. The molecule has 8 heavy (non-hydrogen) atoms. The summed E-state index contributed by atoms with van der Waals surface area (Å²) in [4.78, 5) is 0. The van der Waals surface area contributed by atoms with Crippen LogP contribution < -0.4 is 0 Å². The molecule has 0 amide bonds. The van der Waals surface area contributed by atoms with Gasteiger partial charge in [-0.05, 0) is 6.92 Å². The van der Waals surface area contributed by atoms with Crippen molar-refractivity contribution in [2.45, 2.75) is 32.0 Å². The Kier molecular flexibility index (Phi) is 5.25. The topological polar surface area (TPSA) is 20.2 Å². The average molecular weight is 157 g/mol. The summed E-state index contributed by atoms with van der Waals surface area (Å²) < 4.78 is 0. The van der Waals surface area contributed by atoms with Crippen molar-refractivity contribution in [3.63, 3.8) is 0 Å². The number of aliphatic hydroxyl groups is 1. The Labute approximate surface area is 59.5 Å². The summed E-state index contributed by atoms with van der Waals surface area (Å²) in [6.07, 6.45) is -0.238. The van der Waals surface area contributed by atoms with Gasteiger partial charge in [-0.2, -0.15) is 0 Å². The summed E-state index contributed by atoms with van der Waals surface area (Å²) in [6, 6.07) is 0. The Bertz CT molecular complexity index is 57.9. The zero-order valence-corrected chi connectivity index (χ0v) is 7.48. The molecular formula is C5H14ClOP. The molecule has 0 aromatic carbocycles. The molecular weight excluding hydrogens is 142 g/mol. The van der Waals surface area contributed by atoms with Gasteiger partial charge in [0.2, 0.25) is 0 Å². The molecule has 1 N–H and O–H groups in total. The van der Waals surface area contributed by atoms with E-state index in [0.29, 0.717) is 0 Å². The summed E-state index contributed by atoms with van der Waals surface area (Å²) in [6.45, 7) is 5.73. The van der Waals surface area contributed by atoms with Crippen LogP contribution in [0.3, 0.4) is 0 Å². The van der Waals surface area contributed by atoms with Crippen LogP contribution >= 0.6 is 21.6 Å². The molecule has 0 saturated carbocycles. The fraction of sp³-hybridized carbons (Fsp3) is 1.00. The van der Waals surface area contributed by atoms with Gasteiger partial charge in [0.05, 0.1) is 6.10 Å². The van der Waals surface area contributed by atoms with Crippen molar-refractivity contribution in [3.05, 3.63) is 0 Å². The second-order valence-electron chi connectivity index (χ2n) is 2.50. The van der Waals surface area contributed by atoms with Gasteiger partial charge in [0.1, 0.15) is 0 Å². The second-order valence-corrected chi connectivity index (χ2v) is 3.99. The second kappa shape index (κ2) is 3.66. The molecule has 0 rings (SSSR count). The van der Waals surface area contributed by atoms with Crippen molar-refractivity contribution in [1.82, 2.24) is 0 Å². The third kappa shape index (κ3) is 4.83. The summed E-state index contributed by atoms with van der Waals surface area (Å²) in [5, 5.41) is 8.84. The van der Waals surface area contributed by atoms with E-state index in [1.54, 1.807) is 6.92 Å². The Morgan fingerprint density at radius 2 is 1.62 bits per heavy atom. The van der Waals surface area contributed by atoms with Crippen molar-refractivity contribution in [2.75, 3.05) is 0 Å². The number of hydrogen-bond donors (Lipinski definition) is 1. The van der Waals surface area contributed by atoms with E-state index in [1.165, 1.54) is 0 Å². The Hall–Kier alpha value is 0.680. The van der Waals surface area contributed by atoms with Crippen molar-refractivity contribution in [3.8, 4) is 0 Å². The largest absolute Gasteiger partial charge is 0.393 e. The molecule has 0 spiro atoms. The van der Waals surface area contributed by atoms with Crippen molar-refractivity contribution in [1.29, 1.82) is 0 Å². The highest BCUT2D eigenvalue weighted by Gasteiger charge is 2.16. The van der Waals surface area contributed by atoms with Crippen LogP contribution in [0.2, 0.25) is 0 Å². The van der Waals surface area contributed by atoms with Crippen molar-refractivity contribution < 1.29 is 5.11 Å². The predicted octanol–water partition coefficient (Wildman–Crippen LogP) is 1.44. The lowest BCUT2D eigenvalue weighted by Crippen LogP contribution is -2.25. The number of hydrogen-bond acceptors (Lipinski definition) is 1. The number of rotatable bonds is 1. The lowest BCUT2D eigenvalue weighted by atomic mass is 10.1. The molecule has 0 aliphatic heterocycles. The molecule has 0 aliphatic rings. The molecule has 0 bridgehead atoms. The van der Waals surface area contributed by atoms with Crippen LogP contribution in [0.5, 0.6) is 0 Å². The zero-order valence-electron chi connectivity index (χ0n) is 5.51. The highest BCUT2D eigenvalue weighted by molar-refractivity contribution is 7.18. The van der Waals surface area contributed by atoms with E-state index in [2.05, 4.69) is 9.24 Å². The van der Waals surface area contributed by atoms with Gasteiger partial charge in [-0.1, -0.05) is 13.8 Å². The lowest BCUT2D eigenvalue weighted by molar-refractivity contribution is 0.161. The normalized spacial score (nSPS) is 14.6. The standard InChI is InChI=1S/C5H13OP.ClH/c1-4(6)5(2,3)7;/h4,6H,7H2,1-3H3;1H. The van der Waals surface area contributed by atoms with Crippen LogP contribution in [0.15, 0.2) is 0 Å². The SMILES string of the molecule is CC(O)C(C)(C)P.Cl. The molecule has 0 radical (unpaired) electrons. The summed E-state index contributed by atoms with van der Waals surface area (Å²) in [7, 11) is 2.58. The molecule has 0 heterocycles. The average Bonchev–Trinajstić information content (AvgIpc) is 1.31. The number of aliphatic hydroxyl groups excluding tert-OH is 1. The van der Waals surface area contributed by atoms with Crippen LogP contribution in [0, 0.1) is 0 Å². The fourth-order valence-corrected chi connectivity index (χ4v) is 0. The van der Waals surface area contributed by atoms with Gasteiger partial charge in [-0.3, -0.25) is 0 Å². The molecule has 0 aromatic rings. The minimum absolute atomic E-state index is 0. The van der Waals surface area contributed by atoms with Gasteiger partial charge >= 0.3 is 0 Å². The van der Waals surface area contributed by atoms with E-state index in [1.807, 2.05) is 13.8 Å². The minimum atomic E-state index is -0.238. The molecule has 2 atom stereocenters. The molecule has 0 aliphatic carbocycles. The van der Waals surface area contributed by atoms with E-state index in [4.69, 9.17) is 5.11 Å². The quantitative estimate of drug-likeness (QED) is 0.570. The van der Waals surface area contributed by atoms with E-state index in [9.17, 15) is 0 Å². The Morgan fingerprint density at radius 3 is 1.62 bits per heavy atom. The smallest absolute Gasteiger partial charge is 0.0597 e. The molecule has 2 unspecified atom stereocenters. The van der Waals surface area contributed by atoms with Crippen LogP contribution in [-0.4, -0.2) is 16.4 Å². The maximum atomic E-state index is 8.87. The summed E-state index contributed by atoms with van der Waals surface area (Å²) >= 11 is 0. The van der Waals surface area contributed by atoms with Gasteiger partial charge in [-0.15, -0.1) is 21.6 Å². The van der Waals surface area contributed by atoms with Gasteiger partial charge in [0.15, 0.2) is 0 Å². The number of halogens is 1. The van der Waals surface area contributed by atoms with Gasteiger partial charge in [0.25, 0.3) is 0 Å². The third-order valence-corrected chi connectivity index (χ3v) is 1.56. The van der Waals surface area contributed by atoms with E-state index in [-0.39, 0.29) is 23.7 Å². The highest BCUT2D eigenvalue weighted by Crippen LogP contribution is 2.19. The molecule has 1 nitrogen and oxygen atoms in total. The molecule has 0 fully saturated rings. The minimum Gasteiger partial charge on any atom is -0.393 e. The van der Waals surface area contributed by atoms with Crippen molar-refractivity contribution in [2.24, 2.45) is 0 Å². The van der Waals surface area contributed by atoms with E-state index >= 15 is 0 Å². The molecule has 52 valence electrons. The first kappa shape index (κ1) is 11.5. The molecule has 3 heteroatoms.